The molecule has 4 unspecified atom stereocenters. The summed E-state index contributed by atoms with van der Waals surface area (Å²) in [7, 11) is 4.12. The Hall–Kier alpha value is -0.810. The monoisotopic (exact) mass is 373 g/mol. The highest BCUT2D eigenvalue weighted by Crippen LogP contribution is 2.47. The second kappa shape index (κ2) is 9.04. The molecule has 1 aromatic carbocycles. The summed E-state index contributed by atoms with van der Waals surface area (Å²) in [4.78, 5) is 14.7. The number of hydrogen-bond acceptors (Lipinski definition) is 3. The molecular weight excluding hydrogens is 345 g/mol. The van der Waals surface area contributed by atoms with Crippen LogP contribution in [0, 0.1) is 17.8 Å². The molecule has 0 aliphatic heterocycles. The maximum atomic E-state index is 12.6. The van der Waals surface area contributed by atoms with Crippen LogP contribution in [0.2, 0.25) is 0 Å². The summed E-state index contributed by atoms with van der Waals surface area (Å²) < 4.78 is 0. The standard InChI is InChI=1S/C18H27N3O.2ClH/c1-21(2)11-15-6-4-3-5-14(15)10-20-18(22)16-12-7-8-13(9-12)17(16)19;;/h3-6,12-13,16-17H,7-11,19H2,1-2H3,(H,20,22);2*1H. The van der Waals surface area contributed by atoms with Gasteiger partial charge >= 0.3 is 0 Å². The molecule has 0 aromatic heterocycles. The lowest BCUT2D eigenvalue weighted by molar-refractivity contribution is -0.127. The molecule has 2 aliphatic rings. The quantitative estimate of drug-likeness (QED) is 0.833. The van der Waals surface area contributed by atoms with Crippen molar-refractivity contribution in [2.75, 3.05) is 14.1 Å². The van der Waals surface area contributed by atoms with Gasteiger partial charge in [0.25, 0.3) is 0 Å². The average molecular weight is 374 g/mol. The molecule has 2 bridgehead atoms. The van der Waals surface area contributed by atoms with E-state index in [1.807, 2.05) is 6.07 Å². The molecule has 3 N–H and O–H groups in total. The van der Waals surface area contributed by atoms with Gasteiger partial charge in [-0.15, -0.1) is 24.8 Å². The first kappa shape index (κ1) is 21.2. The fraction of sp³-hybridized carbons (Fsp3) is 0.611. The van der Waals surface area contributed by atoms with Gasteiger partial charge in [0, 0.05) is 19.1 Å². The molecule has 24 heavy (non-hydrogen) atoms. The van der Waals surface area contributed by atoms with Crippen LogP contribution in [0.1, 0.15) is 30.4 Å². The number of rotatable bonds is 5. The minimum Gasteiger partial charge on any atom is -0.352 e. The molecule has 3 rings (SSSR count). The predicted molar refractivity (Wildman–Crippen MR) is 102 cm³/mol. The van der Waals surface area contributed by atoms with Crippen molar-refractivity contribution in [3.8, 4) is 0 Å². The number of benzene rings is 1. The van der Waals surface area contributed by atoms with Gasteiger partial charge in [0.05, 0.1) is 5.92 Å². The van der Waals surface area contributed by atoms with E-state index in [0.29, 0.717) is 18.4 Å². The third-order valence-corrected chi connectivity index (χ3v) is 5.34. The highest BCUT2D eigenvalue weighted by atomic mass is 35.5. The first-order valence-electron chi connectivity index (χ1n) is 8.31. The first-order valence-corrected chi connectivity index (χ1v) is 8.31. The van der Waals surface area contributed by atoms with Crippen molar-refractivity contribution >= 4 is 30.7 Å². The van der Waals surface area contributed by atoms with Crippen LogP contribution in [-0.4, -0.2) is 30.9 Å². The van der Waals surface area contributed by atoms with Gasteiger partial charge in [0.1, 0.15) is 0 Å². The Morgan fingerprint density at radius 3 is 2.38 bits per heavy atom. The number of hydrogen-bond donors (Lipinski definition) is 2. The molecule has 0 spiro atoms. The van der Waals surface area contributed by atoms with Crippen molar-refractivity contribution in [3.63, 3.8) is 0 Å². The molecule has 4 nitrogen and oxygen atoms in total. The average Bonchev–Trinajstić information content (AvgIpc) is 3.06. The van der Waals surface area contributed by atoms with E-state index in [2.05, 4.69) is 42.5 Å². The fourth-order valence-electron chi connectivity index (χ4n) is 4.25. The second-order valence-corrected chi connectivity index (χ2v) is 7.16. The lowest BCUT2D eigenvalue weighted by atomic mass is 9.84. The molecule has 0 saturated heterocycles. The number of halogens is 2. The number of nitrogens with one attached hydrogen (secondary N) is 1. The summed E-state index contributed by atoms with van der Waals surface area (Å²) >= 11 is 0. The van der Waals surface area contributed by atoms with Crippen molar-refractivity contribution in [2.24, 2.45) is 23.5 Å². The Labute approximate surface area is 157 Å². The van der Waals surface area contributed by atoms with Gasteiger partial charge in [-0.25, -0.2) is 0 Å². The molecule has 6 heteroatoms. The van der Waals surface area contributed by atoms with Crippen molar-refractivity contribution in [1.29, 1.82) is 0 Å². The van der Waals surface area contributed by atoms with Crippen molar-refractivity contribution < 1.29 is 4.79 Å². The predicted octanol–water partition coefficient (Wildman–Crippen LogP) is 2.58. The number of fused-ring (bicyclic) bond motifs is 2. The summed E-state index contributed by atoms with van der Waals surface area (Å²) in [6.45, 7) is 1.49. The number of nitrogens with two attached hydrogens (primary N) is 1. The Bertz CT molecular complexity index is 551. The van der Waals surface area contributed by atoms with Crippen molar-refractivity contribution in [2.45, 2.75) is 38.4 Å². The molecule has 2 saturated carbocycles. The van der Waals surface area contributed by atoms with Gasteiger partial charge in [0.2, 0.25) is 5.91 Å². The summed E-state index contributed by atoms with van der Waals surface area (Å²) in [5.41, 5.74) is 8.73. The van der Waals surface area contributed by atoms with Crippen LogP contribution in [0.4, 0.5) is 0 Å². The van der Waals surface area contributed by atoms with Crippen LogP contribution in [-0.2, 0) is 17.9 Å². The summed E-state index contributed by atoms with van der Waals surface area (Å²) in [5, 5.41) is 3.13. The van der Waals surface area contributed by atoms with E-state index in [4.69, 9.17) is 5.73 Å². The Kier molecular flexibility index (Phi) is 8.00. The minimum atomic E-state index is 0. The molecular formula is C18H29Cl2N3O. The van der Waals surface area contributed by atoms with E-state index >= 15 is 0 Å². The zero-order valence-corrected chi connectivity index (χ0v) is 16.0. The van der Waals surface area contributed by atoms with Gasteiger partial charge in [-0.05, 0) is 56.3 Å². The van der Waals surface area contributed by atoms with E-state index < -0.39 is 0 Å². The Morgan fingerprint density at radius 1 is 1.17 bits per heavy atom. The van der Waals surface area contributed by atoms with E-state index in [9.17, 15) is 4.79 Å². The zero-order valence-electron chi connectivity index (χ0n) is 14.4. The van der Waals surface area contributed by atoms with E-state index in [1.54, 1.807) is 0 Å². The smallest absolute Gasteiger partial charge is 0.225 e. The molecule has 2 fully saturated rings. The molecule has 1 aromatic rings. The number of carbonyl (C=O) groups excluding carboxylic acids is 1. The van der Waals surface area contributed by atoms with Gasteiger partial charge < -0.3 is 16.0 Å². The molecule has 0 radical (unpaired) electrons. The van der Waals surface area contributed by atoms with Crippen molar-refractivity contribution in [1.82, 2.24) is 10.2 Å². The van der Waals surface area contributed by atoms with Crippen LogP contribution >= 0.6 is 24.8 Å². The summed E-state index contributed by atoms with van der Waals surface area (Å²) in [5.74, 6) is 1.26. The zero-order chi connectivity index (χ0) is 15.7. The third-order valence-electron chi connectivity index (χ3n) is 5.34. The Morgan fingerprint density at radius 2 is 1.79 bits per heavy atom. The van der Waals surface area contributed by atoms with Crippen LogP contribution < -0.4 is 11.1 Å². The highest BCUT2D eigenvalue weighted by Gasteiger charge is 2.48. The van der Waals surface area contributed by atoms with Crippen LogP contribution in [0.5, 0.6) is 0 Å². The fourth-order valence-corrected chi connectivity index (χ4v) is 4.25. The molecule has 1 amide bonds. The van der Waals surface area contributed by atoms with Crippen LogP contribution in [0.15, 0.2) is 24.3 Å². The van der Waals surface area contributed by atoms with Gasteiger partial charge in [-0.1, -0.05) is 24.3 Å². The maximum Gasteiger partial charge on any atom is 0.225 e. The second-order valence-electron chi connectivity index (χ2n) is 7.16. The molecule has 4 atom stereocenters. The lowest BCUT2D eigenvalue weighted by Crippen LogP contribution is -2.45. The van der Waals surface area contributed by atoms with E-state index in [0.717, 1.165) is 13.0 Å². The third kappa shape index (κ3) is 4.42. The van der Waals surface area contributed by atoms with E-state index in [-0.39, 0.29) is 42.7 Å². The highest BCUT2D eigenvalue weighted by molar-refractivity contribution is 5.85. The summed E-state index contributed by atoms with van der Waals surface area (Å²) in [6.07, 6.45) is 3.53. The number of nitrogens with zero attached hydrogens (tertiary/aromatic N) is 1. The lowest BCUT2D eigenvalue weighted by Gasteiger charge is -2.27. The van der Waals surface area contributed by atoms with Gasteiger partial charge in [0.15, 0.2) is 0 Å². The number of amides is 1. The van der Waals surface area contributed by atoms with Gasteiger partial charge in [-0.2, -0.15) is 0 Å². The topological polar surface area (TPSA) is 58.4 Å². The van der Waals surface area contributed by atoms with E-state index in [1.165, 1.54) is 24.0 Å². The summed E-state index contributed by atoms with van der Waals surface area (Å²) in [6, 6.07) is 8.38. The maximum absolute atomic E-state index is 12.6. The van der Waals surface area contributed by atoms with Crippen LogP contribution in [0.25, 0.3) is 0 Å². The first-order chi connectivity index (χ1) is 10.6. The van der Waals surface area contributed by atoms with Crippen LogP contribution in [0.3, 0.4) is 0 Å². The Balaban J connectivity index is 0.00000144. The normalized spacial score (nSPS) is 27.5. The van der Waals surface area contributed by atoms with Gasteiger partial charge in [-0.3, -0.25) is 4.79 Å². The number of carbonyl (C=O) groups is 1. The van der Waals surface area contributed by atoms with Crippen molar-refractivity contribution in [3.05, 3.63) is 35.4 Å². The largest absolute Gasteiger partial charge is 0.352 e. The molecule has 136 valence electrons. The molecule has 2 aliphatic carbocycles. The molecule has 0 heterocycles. The SMILES string of the molecule is CN(C)Cc1ccccc1CNC(=O)C1C2CCC(C2)C1N.Cl.Cl. The minimum absolute atomic E-state index is 0.